The number of nitrogens with one attached hydrogen (secondary N) is 1. The molecule has 0 bridgehead atoms. The number of benzene rings is 2. The highest BCUT2D eigenvalue weighted by atomic mass is 35.5. The first-order valence-electron chi connectivity index (χ1n) is 15.5. The van der Waals surface area contributed by atoms with Crippen molar-refractivity contribution in [2.75, 3.05) is 56.0 Å². The lowest BCUT2D eigenvalue weighted by atomic mass is 9.96. The highest BCUT2D eigenvalue weighted by molar-refractivity contribution is 7.57. The van der Waals surface area contributed by atoms with Gasteiger partial charge in [-0.15, -0.1) is 0 Å². The number of anilines is 2. The Morgan fingerprint density at radius 2 is 1.25 bits per heavy atom. The quantitative estimate of drug-likeness (QED) is 0.116. The Balaban J connectivity index is 2.65. The summed E-state index contributed by atoms with van der Waals surface area (Å²) >= 11 is 12.5. The monoisotopic (exact) mass is 746 g/mol. The fourth-order valence-corrected chi connectivity index (χ4v) is 8.73. The van der Waals surface area contributed by atoms with Crippen LogP contribution in [-0.2, 0) is 46.3 Å². The Bertz CT molecular complexity index is 1560. The van der Waals surface area contributed by atoms with Gasteiger partial charge in [0.1, 0.15) is 5.70 Å². The van der Waals surface area contributed by atoms with Crippen LogP contribution in [0.4, 0.5) is 11.4 Å². The van der Waals surface area contributed by atoms with Gasteiger partial charge in [-0.3, -0.25) is 14.0 Å². The minimum atomic E-state index is -4.19. The van der Waals surface area contributed by atoms with Crippen LogP contribution < -0.4 is 10.2 Å². The summed E-state index contributed by atoms with van der Waals surface area (Å²) in [6.07, 6.45) is -0.541. The van der Waals surface area contributed by atoms with Crippen molar-refractivity contribution in [3.05, 3.63) is 81.2 Å². The number of hydrogen-bond donors (Lipinski definition) is 1. The van der Waals surface area contributed by atoms with E-state index in [9.17, 15) is 18.7 Å². The highest BCUT2D eigenvalue weighted by Gasteiger charge is 2.60. The van der Waals surface area contributed by atoms with Crippen LogP contribution in [0.5, 0.6) is 0 Å². The van der Waals surface area contributed by atoms with Crippen LogP contribution in [0.3, 0.4) is 0 Å². The van der Waals surface area contributed by atoms with E-state index in [1.165, 1.54) is 4.90 Å². The van der Waals surface area contributed by atoms with Gasteiger partial charge in [0, 0.05) is 38.4 Å². The molecule has 1 atom stereocenters. The summed E-state index contributed by atoms with van der Waals surface area (Å²) in [4.78, 5) is 30.2. The predicted octanol–water partition coefficient (Wildman–Crippen LogP) is 8.42. The van der Waals surface area contributed by atoms with Crippen LogP contribution in [0.2, 0.25) is 10.0 Å². The van der Waals surface area contributed by atoms with Crippen molar-refractivity contribution in [3.63, 3.8) is 0 Å². The molecule has 1 heterocycles. The van der Waals surface area contributed by atoms with Gasteiger partial charge in [-0.1, -0.05) is 23.2 Å². The topological polar surface area (TPSA) is 139 Å². The fraction of sp³-hybridized carbons (Fsp3) is 0.438. The predicted molar refractivity (Wildman–Crippen MR) is 187 cm³/mol. The van der Waals surface area contributed by atoms with Gasteiger partial charge in [0.2, 0.25) is 5.66 Å². The maximum Gasteiger partial charge on any atom is 0.358 e. The zero-order chi connectivity index (χ0) is 35.5. The third-order valence-corrected chi connectivity index (χ3v) is 11.1. The van der Waals surface area contributed by atoms with E-state index in [1.807, 2.05) is 0 Å². The molecule has 0 amide bonds. The summed E-state index contributed by atoms with van der Waals surface area (Å²) in [6, 6.07) is 12.7. The smallest absolute Gasteiger partial charge is 0.358 e. The molecule has 16 heteroatoms. The fourth-order valence-electron chi connectivity index (χ4n) is 5.13. The highest BCUT2D eigenvalue weighted by Crippen LogP contribution is 2.60. The summed E-state index contributed by atoms with van der Waals surface area (Å²) in [5.74, 6) is -0.660. The molecule has 0 aromatic heterocycles. The molecule has 0 fully saturated rings. The molecule has 0 saturated carbocycles. The lowest BCUT2D eigenvalue weighted by Crippen LogP contribution is -2.60. The molecule has 48 heavy (non-hydrogen) atoms. The van der Waals surface area contributed by atoms with E-state index in [1.54, 1.807) is 90.1 Å². The van der Waals surface area contributed by atoms with E-state index in [0.717, 1.165) is 5.82 Å². The lowest BCUT2D eigenvalue weighted by molar-refractivity contribution is -0.146. The number of nitrogens with zero attached hydrogens (tertiary/aromatic N) is 1. The summed E-state index contributed by atoms with van der Waals surface area (Å²) in [6.45, 7) is 9.58. The van der Waals surface area contributed by atoms with Crippen molar-refractivity contribution in [2.24, 2.45) is 0 Å². The zero-order valence-electron chi connectivity index (χ0n) is 27.8. The summed E-state index contributed by atoms with van der Waals surface area (Å²) < 4.78 is 62.5. The maximum atomic E-state index is 14.7. The van der Waals surface area contributed by atoms with Crippen molar-refractivity contribution in [1.82, 2.24) is 0 Å². The van der Waals surface area contributed by atoms with Crippen LogP contribution >= 0.6 is 38.4 Å². The van der Waals surface area contributed by atoms with Gasteiger partial charge in [0.15, 0.2) is 0 Å². The first kappa shape index (κ1) is 39.8. The van der Waals surface area contributed by atoms with Crippen LogP contribution in [0, 0.1) is 0 Å². The molecule has 1 aliphatic heterocycles. The van der Waals surface area contributed by atoms with Crippen LogP contribution in [0.1, 0.15) is 41.5 Å². The van der Waals surface area contributed by atoms with Gasteiger partial charge in [0.05, 0.1) is 45.8 Å². The number of halogens is 2. The summed E-state index contributed by atoms with van der Waals surface area (Å²) in [5, 5.41) is 4.02. The van der Waals surface area contributed by atoms with E-state index in [2.05, 4.69) is 5.32 Å². The van der Waals surface area contributed by atoms with Crippen molar-refractivity contribution in [2.45, 2.75) is 47.2 Å². The van der Waals surface area contributed by atoms with E-state index < -0.39 is 39.0 Å². The minimum Gasteiger partial charge on any atom is -0.463 e. The third-order valence-electron chi connectivity index (χ3n) is 6.76. The van der Waals surface area contributed by atoms with E-state index in [4.69, 9.17) is 50.8 Å². The number of hydrogen-bond acceptors (Lipinski definition) is 12. The minimum absolute atomic E-state index is 0.00166. The van der Waals surface area contributed by atoms with Crippen LogP contribution in [-0.4, -0.2) is 63.4 Å². The van der Waals surface area contributed by atoms with Crippen molar-refractivity contribution < 1.29 is 46.3 Å². The molecule has 0 radical (unpaired) electrons. The summed E-state index contributed by atoms with van der Waals surface area (Å²) in [7, 11) is -8.23. The Hall–Kier alpha value is -2.66. The number of rotatable bonds is 18. The summed E-state index contributed by atoms with van der Waals surface area (Å²) in [5.41, 5.74) is -1.98. The molecule has 2 aromatic rings. The van der Waals surface area contributed by atoms with Gasteiger partial charge in [-0.05, 0) is 90.1 Å². The average molecular weight is 748 g/mol. The second-order valence-corrected chi connectivity index (χ2v) is 14.7. The molecular weight excluding hydrogens is 705 g/mol. The maximum absolute atomic E-state index is 14.7. The van der Waals surface area contributed by atoms with Gasteiger partial charge < -0.3 is 32.9 Å². The molecule has 1 N–H and O–H groups in total. The first-order valence-corrected chi connectivity index (χ1v) is 19.6. The molecule has 0 spiro atoms. The number of carbonyl (C=O) groups is 2. The Labute approximate surface area is 291 Å². The first-order chi connectivity index (χ1) is 22.9. The van der Waals surface area contributed by atoms with Crippen LogP contribution in [0.15, 0.2) is 71.2 Å². The van der Waals surface area contributed by atoms with Gasteiger partial charge in [-0.25, -0.2) is 9.59 Å². The number of carbonyl (C=O) groups excluding carboxylic acids is 2. The molecule has 0 aliphatic carbocycles. The lowest BCUT2D eigenvalue weighted by Gasteiger charge is -2.41. The Morgan fingerprint density at radius 1 is 0.750 bits per heavy atom. The second kappa shape index (κ2) is 17.8. The van der Waals surface area contributed by atoms with Crippen molar-refractivity contribution >= 4 is 61.7 Å². The zero-order valence-corrected chi connectivity index (χ0v) is 31.1. The molecule has 1 unspecified atom stereocenters. The molecule has 3 rings (SSSR count). The molecular formula is C32H42Cl2N2O10P2. The largest absolute Gasteiger partial charge is 0.463 e. The molecule has 2 aromatic carbocycles. The molecule has 12 nitrogen and oxygen atoms in total. The Morgan fingerprint density at radius 3 is 1.73 bits per heavy atom. The second-order valence-electron chi connectivity index (χ2n) is 9.94. The van der Waals surface area contributed by atoms with Gasteiger partial charge in [0.25, 0.3) is 0 Å². The molecule has 264 valence electrons. The van der Waals surface area contributed by atoms with E-state index in [-0.39, 0.29) is 62.2 Å². The average Bonchev–Trinajstić information content (AvgIpc) is 3.28. The third kappa shape index (κ3) is 9.11. The van der Waals surface area contributed by atoms with Crippen molar-refractivity contribution in [3.8, 4) is 0 Å². The van der Waals surface area contributed by atoms with E-state index in [0.29, 0.717) is 15.7 Å². The van der Waals surface area contributed by atoms with E-state index >= 15 is 0 Å². The van der Waals surface area contributed by atoms with Crippen molar-refractivity contribution in [1.29, 1.82) is 0 Å². The molecule has 1 aliphatic rings. The Kier molecular flexibility index (Phi) is 14.8. The number of esters is 2. The SMILES string of the molecule is CCOC(=O)C1=C(CP(=O)(OCC)OCC)/C(=C/P(=O)(OCC)OCC)C(Nc2ccc(Cl)cc2)(C(=O)OCC)N1c1ccc(Cl)cc1. The van der Waals surface area contributed by atoms with Gasteiger partial charge >= 0.3 is 27.1 Å². The molecule has 0 saturated heterocycles. The van der Waals surface area contributed by atoms with Gasteiger partial charge in [-0.2, -0.15) is 0 Å². The number of ether oxygens (including phenoxy) is 2. The standard InChI is InChI=1S/C32H42Cl2N2O10P2/c1-7-41-30(37)29-27(21-47(39,43-9-3)44-10-4)28(22-48(40,45-11-5)46-12-6)32(31(38)42-8-2,35-25-17-13-23(33)14-18-25)36(29)26-19-15-24(34)16-20-26/h13-20,22,35H,7-12,21H2,1-6H3/b28-22-. The normalized spacial score (nSPS) is 17.6. The van der Waals surface area contributed by atoms with Crippen LogP contribution in [0.25, 0.3) is 0 Å².